The van der Waals surface area contributed by atoms with E-state index in [0.29, 0.717) is 22.7 Å². The number of nitrogens with zero attached hydrogens (tertiary/aromatic N) is 2. The molecule has 0 bridgehead atoms. The molecule has 3 rings (SSSR count). The molecule has 0 aliphatic heterocycles. The van der Waals surface area contributed by atoms with Gasteiger partial charge >= 0.3 is 0 Å². The highest BCUT2D eigenvalue weighted by molar-refractivity contribution is 7.92. The van der Waals surface area contributed by atoms with E-state index in [2.05, 4.69) is 14.9 Å². The third-order valence-corrected chi connectivity index (χ3v) is 5.83. The molecule has 0 saturated carbocycles. The van der Waals surface area contributed by atoms with Gasteiger partial charge in [-0.15, -0.1) is 0 Å². The number of rotatable bonds is 6. The number of methoxy groups -OCH3 is 1. The summed E-state index contributed by atoms with van der Waals surface area (Å²) in [6.45, 7) is 3.32. The van der Waals surface area contributed by atoms with Gasteiger partial charge in [-0.2, -0.15) is 5.10 Å². The van der Waals surface area contributed by atoms with E-state index in [1.54, 1.807) is 53.3 Å². The monoisotopic (exact) mass is 418 g/mol. The normalized spacial score (nSPS) is 11.3. The highest BCUT2D eigenvalue weighted by Crippen LogP contribution is 2.31. The summed E-state index contributed by atoms with van der Waals surface area (Å²) in [7, 11) is 0.851. The van der Waals surface area contributed by atoms with Crippen LogP contribution in [0.15, 0.2) is 39.8 Å². The number of aromatic nitrogens is 2. The lowest BCUT2D eigenvalue weighted by atomic mass is 10.2. The van der Waals surface area contributed by atoms with Gasteiger partial charge < -0.3 is 14.1 Å². The Bertz CT molecular complexity index is 1160. The van der Waals surface area contributed by atoms with Crippen LogP contribution in [0.4, 0.5) is 5.69 Å². The molecular formula is C19H22N4O5S. The molecule has 10 heteroatoms. The largest absolute Gasteiger partial charge is 0.497 e. The van der Waals surface area contributed by atoms with Crippen molar-refractivity contribution in [2.45, 2.75) is 18.7 Å². The Morgan fingerprint density at radius 1 is 1.24 bits per heavy atom. The van der Waals surface area contributed by atoms with Crippen LogP contribution in [0.5, 0.6) is 5.75 Å². The molecule has 0 unspecified atom stereocenters. The third-order valence-electron chi connectivity index (χ3n) is 4.36. The molecule has 2 aromatic heterocycles. The van der Waals surface area contributed by atoms with Crippen molar-refractivity contribution < 1.29 is 22.4 Å². The maximum Gasteiger partial charge on any atom is 0.265 e. The quantitative estimate of drug-likeness (QED) is 0.636. The van der Waals surface area contributed by atoms with E-state index in [9.17, 15) is 13.2 Å². The Labute approximate surface area is 168 Å². The number of nitrogens with one attached hydrogen (secondary N) is 2. The summed E-state index contributed by atoms with van der Waals surface area (Å²) in [4.78, 5) is 13.7. The molecule has 29 heavy (non-hydrogen) atoms. The first kappa shape index (κ1) is 20.5. The minimum atomic E-state index is -3.92. The fourth-order valence-corrected chi connectivity index (χ4v) is 4.12. The van der Waals surface area contributed by atoms with Crippen LogP contribution in [0, 0.1) is 13.8 Å². The van der Waals surface area contributed by atoms with Gasteiger partial charge in [0, 0.05) is 20.2 Å². The van der Waals surface area contributed by atoms with Crippen molar-refractivity contribution >= 4 is 21.6 Å². The predicted octanol–water partition coefficient (Wildman–Crippen LogP) is 2.80. The summed E-state index contributed by atoms with van der Waals surface area (Å²) < 4.78 is 39.2. The lowest BCUT2D eigenvalue weighted by Crippen LogP contribution is -2.21. The van der Waals surface area contributed by atoms with Crippen molar-refractivity contribution in [3.63, 3.8) is 0 Å². The summed E-state index contributed by atoms with van der Waals surface area (Å²) in [6, 6.07) is 6.40. The van der Waals surface area contributed by atoms with Crippen LogP contribution in [-0.4, -0.2) is 50.6 Å². The van der Waals surface area contributed by atoms with Gasteiger partial charge in [-0.3, -0.25) is 14.6 Å². The topological polar surface area (TPSA) is 118 Å². The van der Waals surface area contributed by atoms with Crippen molar-refractivity contribution in [3.8, 4) is 17.2 Å². The Kier molecular flexibility index (Phi) is 5.38. The summed E-state index contributed by atoms with van der Waals surface area (Å²) in [5.41, 5.74) is 1.74. The van der Waals surface area contributed by atoms with Gasteiger partial charge in [0.2, 0.25) is 0 Å². The average Bonchev–Trinajstić information content (AvgIpc) is 3.29. The van der Waals surface area contributed by atoms with E-state index in [-0.39, 0.29) is 27.9 Å². The van der Waals surface area contributed by atoms with Crippen LogP contribution >= 0.6 is 0 Å². The second-order valence-corrected chi connectivity index (χ2v) is 8.33. The van der Waals surface area contributed by atoms with Gasteiger partial charge in [0.05, 0.1) is 24.6 Å². The molecule has 2 heterocycles. The lowest BCUT2D eigenvalue weighted by Gasteiger charge is -2.11. The van der Waals surface area contributed by atoms with Gasteiger partial charge in [0.15, 0.2) is 5.76 Å². The highest BCUT2D eigenvalue weighted by atomic mass is 32.2. The maximum absolute atomic E-state index is 12.9. The second-order valence-electron chi connectivity index (χ2n) is 6.68. The number of aryl methyl sites for hydroxylation is 2. The number of hydrogen-bond acceptors (Lipinski definition) is 6. The van der Waals surface area contributed by atoms with E-state index in [4.69, 9.17) is 9.15 Å². The first-order valence-corrected chi connectivity index (χ1v) is 10.2. The van der Waals surface area contributed by atoms with Gasteiger partial charge in [-0.1, -0.05) is 0 Å². The molecule has 154 valence electrons. The molecule has 0 fully saturated rings. The van der Waals surface area contributed by atoms with Gasteiger partial charge in [0.25, 0.3) is 15.9 Å². The zero-order valence-corrected chi connectivity index (χ0v) is 17.5. The highest BCUT2D eigenvalue weighted by Gasteiger charge is 2.26. The third kappa shape index (κ3) is 3.97. The van der Waals surface area contributed by atoms with Crippen LogP contribution in [-0.2, 0) is 10.0 Å². The number of amides is 1. The van der Waals surface area contributed by atoms with E-state index in [0.717, 1.165) is 0 Å². The molecule has 0 saturated heterocycles. The fourth-order valence-electron chi connectivity index (χ4n) is 2.81. The first-order chi connectivity index (χ1) is 13.6. The number of carbonyl (C=O) groups is 1. The Balaban J connectivity index is 1.96. The van der Waals surface area contributed by atoms with Crippen molar-refractivity contribution in [2.75, 3.05) is 25.9 Å². The van der Waals surface area contributed by atoms with Gasteiger partial charge in [0.1, 0.15) is 22.1 Å². The number of carbonyl (C=O) groups excluding carboxylic acids is 1. The fraction of sp³-hybridized carbons (Fsp3) is 0.263. The van der Waals surface area contributed by atoms with Crippen LogP contribution < -0.4 is 9.46 Å². The Hall–Kier alpha value is -3.27. The maximum atomic E-state index is 12.9. The molecule has 0 radical (unpaired) electrons. The molecule has 1 aromatic carbocycles. The number of aromatic amines is 1. The lowest BCUT2D eigenvalue weighted by molar-refractivity contribution is 0.0828. The zero-order chi connectivity index (χ0) is 21.3. The predicted molar refractivity (Wildman–Crippen MR) is 108 cm³/mol. The van der Waals surface area contributed by atoms with Crippen molar-refractivity contribution in [3.05, 3.63) is 47.3 Å². The van der Waals surface area contributed by atoms with Crippen LogP contribution in [0.2, 0.25) is 0 Å². The number of sulfonamides is 1. The number of H-pyrrole nitrogens is 1. The minimum absolute atomic E-state index is 0.0272. The van der Waals surface area contributed by atoms with Crippen LogP contribution in [0.3, 0.4) is 0 Å². The van der Waals surface area contributed by atoms with E-state index < -0.39 is 10.0 Å². The number of furan rings is 1. The number of anilines is 1. The van der Waals surface area contributed by atoms with Gasteiger partial charge in [-0.05, 0) is 37.6 Å². The number of ether oxygens (including phenoxy) is 1. The molecule has 9 nitrogen and oxygen atoms in total. The Morgan fingerprint density at radius 3 is 2.59 bits per heavy atom. The number of benzene rings is 1. The summed E-state index contributed by atoms with van der Waals surface area (Å²) in [5.74, 6) is 0.747. The zero-order valence-electron chi connectivity index (χ0n) is 16.7. The standard InChI is InChI=1S/C19H22N4O5S/c1-11-8-13(27-5)6-7-15(11)22-29(25,26)17-9-16(28-12(17)2)18-14(10-20-21-18)19(24)23(3)4/h6-10,22H,1-5H3,(H,20,21). The molecule has 3 aromatic rings. The first-order valence-electron chi connectivity index (χ1n) is 8.67. The molecular weight excluding hydrogens is 396 g/mol. The second kappa shape index (κ2) is 7.63. The van der Waals surface area contributed by atoms with E-state index in [1.807, 2.05) is 0 Å². The molecule has 1 amide bonds. The number of hydrogen-bond donors (Lipinski definition) is 2. The molecule has 2 N–H and O–H groups in total. The SMILES string of the molecule is COc1ccc(NS(=O)(=O)c2cc(-c3[nH]ncc3C(=O)N(C)C)oc2C)c(C)c1. The van der Waals surface area contributed by atoms with E-state index in [1.165, 1.54) is 17.2 Å². The minimum Gasteiger partial charge on any atom is -0.497 e. The molecule has 0 atom stereocenters. The smallest absolute Gasteiger partial charge is 0.265 e. The average molecular weight is 418 g/mol. The molecule has 0 spiro atoms. The van der Waals surface area contributed by atoms with Gasteiger partial charge in [-0.25, -0.2) is 8.42 Å². The van der Waals surface area contributed by atoms with Crippen LogP contribution in [0.25, 0.3) is 11.5 Å². The molecule has 0 aliphatic carbocycles. The van der Waals surface area contributed by atoms with Crippen LogP contribution in [0.1, 0.15) is 21.7 Å². The van der Waals surface area contributed by atoms with Crippen molar-refractivity contribution in [1.29, 1.82) is 0 Å². The summed E-state index contributed by atoms with van der Waals surface area (Å²) in [5, 5.41) is 6.59. The Morgan fingerprint density at radius 2 is 1.97 bits per heavy atom. The van der Waals surface area contributed by atoms with Crippen molar-refractivity contribution in [2.24, 2.45) is 0 Å². The molecule has 0 aliphatic rings. The summed E-state index contributed by atoms with van der Waals surface area (Å²) in [6.07, 6.45) is 1.38. The van der Waals surface area contributed by atoms with Crippen molar-refractivity contribution in [1.82, 2.24) is 15.1 Å². The summed E-state index contributed by atoms with van der Waals surface area (Å²) >= 11 is 0. The van der Waals surface area contributed by atoms with E-state index >= 15 is 0 Å².